The minimum Gasteiger partial charge on any atom is -0.504 e. The molecule has 0 saturated carbocycles. The van der Waals surface area contributed by atoms with Gasteiger partial charge >= 0.3 is 0 Å². The molecule has 0 aliphatic rings. The first-order valence-corrected chi connectivity index (χ1v) is 8.24. The number of aromatic hydroxyl groups is 2. The van der Waals surface area contributed by atoms with Crippen LogP contribution in [0.25, 0.3) is 53.9 Å². The summed E-state index contributed by atoms with van der Waals surface area (Å²) in [6.45, 7) is 0. The fourth-order valence-corrected chi connectivity index (χ4v) is 4.21. The van der Waals surface area contributed by atoms with E-state index >= 15 is 0 Å². The summed E-state index contributed by atoms with van der Waals surface area (Å²) in [6, 6.07) is 16.5. The number of rotatable bonds is 0. The van der Waals surface area contributed by atoms with Crippen molar-refractivity contribution in [2.75, 3.05) is 0 Å². The Kier molecular flexibility index (Phi) is 2.13. The van der Waals surface area contributed by atoms with Crippen LogP contribution in [-0.2, 0) is 0 Å². The summed E-state index contributed by atoms with van der Waals surface area (Å²) < 4.78 is 0. The minimum atomic E-state index is -0.0276. The maximum absolute atomic E-state index is 10.6. The predicted octanol–water partition coefficient (Wildman–Crippen LogP) is 5.63. The second-order valence-corrected chi connectivity index (χ2v) is 6.67. The fourth-order valence-electron chi connectivity index (χ4n) is 4.21. The van der Waals surface area contributed by atoms with Crippen LogP contribution >= 0.6 is 0 Å². The van der Waals surface area contributed by atoms with Gasteiger partial charge in [-0.05, 0) is 67.4 Å². The number of hydrogen-bond acceptors (Lipinski definition) is 2. The molecule has 118 valence electrons. The van der Waals surface area contributed by atoms with Crippen LogP contribution < -0.4 is 0 Å². The highest BCUT2D eigenvalue weighted by Gasteiger charge is 2.21. The van der Waals surface area contributed by atoms with E-state index in [2.05, 4.69) is 41.4 Å². The third-order valence-corrected chi connectivity index (χ3v) is 5.36. The minimum absolute atomic E-state index is 0.0276. The molecule has 1 aromatic heterocycles. The molecule has 3 nitrogen and oxygen atoms in total. The van der Waals surface area contributed by atoms with E-state index in [1.54, 1.807) is 0 Å². The van der Waals surface area contributed by atoms with E-state index in [0.29, 0.717) is 10.8 Å². The standard InChI is InChI=1S/C22H13NO2/c24-21-19-15-5-11-3-1-2-4-12(11)6-16(15)20(22(21)25)18-8-14-10-23-9-13(14)7-17(18)19/h1-10,23-25H. The second-order valence-electron chi connectivity index (χ2n) is 6.67. The van der Waals surface area contributed by atoms with Gasteiger partial charge in [-0.2, -0.15) is 0 Å². The molecular formula is C22H13NO2. The highest BCUT2D eigenvalue weighted by atomic mass is 16.3. The third kappa shape index (κ3) is 1.46. The Morgan fingerprint density at radius 1 is 0.560 bits per heavy atom. The van der Waals surface area contributed by atoms with E-state index in [1.165, 1.54) is 0 Å². The first-order valence-electron chi connectivity index (χ1n) is 8.24. The van der Waals surface area contributed by atoms with Gasteiger partial charge in [-0.15, -0.1) is 0 Å². The van der Waals surface area contributed by atoms with Crippen LogP contribution in [0.1, 0.15) is 0 Å². The van der Waals surface area contributed by atoms with Crippen molar-refractivity contribution in [2.45, 2.75) is 0 Å². The summed E-state index contributed by atoms with van der Waals surface area (Å²) in [5.74, 6) is -0.0552. The van der Waals surface area contributed by atoms with Gasteiger partial charge in [0, 0.05) is 23.2 Å². The molecular weight excluding hydrogens is 310 g/mol. The van der Waals surface area contributed by atoms with Crippen molar-refractivity contribution in [3.8, 4) is 11.5 Å². The number of aromatic nitrogens is 1. The number of phenolic OH excluding ortho intramolecular Hbond substituents is 2. The van der Waals surface area contributed by atoms with Crippen LogP contribution in [0.3, 0.4) is 0 Å². The largest absolute Gasteiger partial charge is 0.504 e. The van der Waals surface area contributed by atoms with Crippen LogP contribution in [-0.4, -0.2) is 15.2 Å². The quantitative estimate of drug-likeness (QED) is 0.251. The second kappa shape index (κ2) is 4.14. The lowest BCUT2D eigenvalue weighted by atomic mass is 9.88. The monoisotopic (exact) mass is 323 g/mol. The Balaban J connectivity index is 1.99. The maximum atomic E-state index is 10.6. The van der Waals surface area contributed by atoms with Crippen LogP contribution in [0.2, 0.25) is 0 Å². The van der Waals surface area contributed by atoms with Crippen molar-refractivity contribution in [1.82, 2.24) is 4.98 Å². The van der Waals surface area contributed by atoms with E-state index in [9.17, 15) is 10.2 Å². The average molecular weight is 323 g/mol. The molecule has 6 aromatic carbocycles. The topological polar surface area (TPSA) is 56.2 Å². The highest BCUT2D eigenvalue weighted by Crippen LogP contribution is 2.51. The number of hydrogen-bond donors (Lipinski definition) is 3. The van der Waals surface area contributed by atoms with Gasteiger partial charge < -0.3 is 15.2 Å². The zero-order valence-corrected chi connectivity index (χ0v) is 13.2. The molecule has 0 amide bonds. The van der Waals surface area contributed by atoms with Crippen molar-refractivity contribution in [1.29, 1.82) is 0 Å². The molecule has 3 N–H and O–H groups in total. The van der Waals surface area contributed by atoms with E-state index in [1.807, 2.05) is 24.5 Å². The molecule has 0 saturated heterocycles. The van der Waals surface area contributed by atoms with Crippen molar-refractivity contribution in [3.63, 3.8) is 0 Å². The molecule has 7 aromatic rings. The summed E-state index contributed by atoms with van der Waals surface area (Å²) in [5.41, 5.74) is 0. The van der Waals surface area contributed by atoms with Crippen molar-refractivity contribution >= 4 is 53.9 Å². The Morgan fingerprint density at radius 3 is 1.40 bits per heavy atom. The van der Waals surface area contributed by atoms with Crippen molar-refractivity contribution in [3.05, 3.63) is 60.9 Å². The van der Waals surface area contributed by atoms with Crippen LogP contribution in [0.15, 0.2) is 60.9 Å². The Hall–Kier alpha value is -3.46. The van der Waals surface area contributed by atoms with E-state index in [0.717, 1.165) is 43.1 Å². The number of nitrogens with one attached hydrogen (secondary N) is 1. The molecule has 0 fully saturated rings. The zero-order valence-electron chi connectivity index (χ0n) is 13.2. The molecule has 0 unspecified atom stereocenters. The molecule has 0 aliphatic carbocycles. The van der Waals surface area contributed by atoms with Gasteiger partial charge in [-0.1, -0.05) is 24.3 Å². The summed E-state index contributed by atoms with van der Waals surface area (Å²) in [5, 5.41) is 31.0. The Labute approximate surface area is 142 Å². The van der Waals surface area contributed by atoms with E-state index in [4.69, 9.17) is 0 Å². The normalized spacial score (nSPS) is 12.3. The van der Waals surface area contributed by atoms with Gasteiger partial charge in [0.1, 0.15) is 0 Å². The molecule has 1 heterocycles. The molecule has 7 rings (SSSR count). The van der Waals surface area contributed by atoms with Gasteiger partial charge in [0.2, 0.25) is 0 Å². The average Bonchev–Trinajstić information content (AvgIpc) is 3.08. The highest BCUT2D eigenvalue weighted by molar-refractivity contribution is 6.34. The fraction of sp³-hybridized carbons (Fsp3) is 0. The molecule has 0 aliphatic heterocycles. The van der Waals surface area contributed by atoms with Crippen molar-refractivity contribution < 1.29 is 10.2 Å². The number of aromatic amines is 1. The summed E-state index contributed by atoms with van der Waals surface area (Å²) in [7, 11) is 0. The number of fused-ring (bicyclic) bond motifs is 3. The maximum Gasteiger partial charge on any atom is 0.166 e. The van der Waals surface area contributed by atoms with E-state index in [-0.39, 0.29) is 11.5 Å². The van der Waals surface area contributed by atoms with Crippen LogP contribution in [0, 0.1) is 0 Å². The third-order valence-electron chi connectivity index (χ3n) is 5.36. The number of H-pyrrole nitrogens is 1. The lowest BCUT2D eigenvalue weighted by Crippen LogP contribution is -1.89. The van der Waals surface area contributed by atoms with Gasteiger partial charge in [0.05, 0.1) is 0 Å². The first-order chi connectivity index (χ1) is 12.2. The Bertz CT molecular complexity index is 1350. The molecule has 0 atom stereocenters. The van der Waals surface area contributed by atoms with Crippen molar-refractivity contribution in [2.24, 2.45) is 0 Å². The summed E-state index contributed by atoms with van der Waals surface area (Å²) >= 11 is 0. The summed E-state index contributed by atoms with van der Waals surface area (Å²) in [6.07, 6.45) is 3.90. The number of benzene rings is 6. The van der Waals surface area contributed by atoms with Crippen LogP contribution in [0.4, 0.5) is 0 Å². The smallest absolute Gasteiger partial charge is 0.166 e. The SMILES string of the molecule is Oc1c(O)c2c3cc4ccccc4cc3c1c1cc3c[nH]cc3cc12. The molecule has 25 heavy (non-hydrogen) atoms. The predicted molar refractivity (Wildman–Crippen MR) is 103 cm³/mol. The zero-order chi connectivity index (χ0) is 16.7. The number of phenols is 4. The lowest BCUT2D eigenvalue weighted by Gasteiger charge is -2.17. The van der Waals surface area contributed by atoms with Gasteiger partial charge in [0.25, 0.3) is 0 Å². The molecule has 3 heteroatoms. The van der Waals surface area contributed by atoms with Gasteiger partial charge in [0.15, 0.2) is 11.5 Å². The van der Waals surface area contributed by atoms with E-state index < -0.39 is 0 Å². The molecule has 0 radical (unpaired) electrons. The Morgan fingerprint density at radius 2 is 0.960 bits per heavy atom. The summed E-state index contributed by atoms with van der Waals surface area (Å²) in [4.78, 5) is 3.12. The lowest BCUT2D eigenvalue weighted by molar-refractivity contribution is 0.412. The molecule has 0 spiro atoms. The van der Waals surface area contributed by atoms with Gasteiger partial charge in [-0.25, -0.2) is 0 Å². The molecule has 2 bridgehead atoms. The first kappa shape index (κ1) is 12.9. The van der Waals surface area contributed by atoms with Crippen LogP contribution in [0.5, 0.6) is 11.5 Å². The van der Waals surface area contributed by atoms with Gasteiger partial charge in [-0.3, -0.25) is 0 Å².